The highest BCUT2D eigenvalue weighted by Crippen LogP contribution is 2.23. The van der Waals surface area contributed by atoms with Crippen molar-refractivity contribution in [2.24, 2.45) is 4.99 Å². The van der Waals surface area contributed by atoms with E-state index in [4.69, 9.17) is 20.8 Å². The normalized spacial score (nSPS) is 16.4. The summed E-state index contributed by atoms with van der Waals surface area (Å²) < 4.78 is 10.5. The van der Waals surface area contributed by atoms with E-state index in [2.05, 4.69) is 4.99 Å². The lowest BCUT2D eigenvalue weighted by Crippen LogP contribution is -2.05. The van der Waals surface area contributed by atoms with Crippen LogP contribution >= 0.6 is 11.6 Å². The van der Waals surface area contributed by atoms with Crippen molar-refractivity contribution in [3.63, 3.8) is 0 Å². The van der Waals surface area contributed by atoms with Crippen molar-refractivity contribution in [2.75, 3.05) is 0 Å². The minimum atomic E-state index is -0.519. The van der Waals surface area contributed by atoms with E-state index in [0.29, 0.717) is 16.3 Å². The molecule has 2 aromatic rings. The van der Waals surface area contributed by atoms with E-state index in [0.717, 1.165) is 5.76 Å². The fraction of sp³-hybridized carbons (Fsp3) is 0.0667. The molecule has 20 heavy (non-hydrogen) atoms. The van der Waals surface area contributed by atoms with Gasteiger partial charge in [-0.1, -0.05) is 23.7 Å². The molecule has 1 aliphatic heterocycles. The molecule has 0 fully saturated rings. The monoisotopic (exact) mass is 287 g/mol. The maximum Gasteiger partial charge on any atom is 0.363 e. The maximum absolute atomic E-state index is 11.8. The van der Waals surface area contributed by atoms with Gasteiger partial charge in [0.2, 0.25) is 5.90 Å². The Morgan fingerprint density at radius 1 is 1.20 bits per heavy atom. The third-order valence-corrected chi connectivity index (χ3v) is 3.09. The molecule has 1 aliphatic rings. The molecular formula is C15H10ClNO3. The number of hydrogen-bond donors (Lipinski definition) is 0. The lowest BCUT2D eigenvalue weighted by Gasteiger charge is -2.00. The van der Waals surface area contributed by atoms with Gasteiger partial charge < -0.3 is 9.15 Å². The first-order chi connectivity index (χ1) is 9.63. The molecule has 0 bridgehead atoms. The van der Waals surface area contributed by atoms with Gasteiger partial charge in [-0.15, -0.1) is 0 Å². The standard InChI is InChI=1S/C15H10ClNO3/c1-9-6-7-10(19-9)8-13-15(18)20-14(17-13)11-4-2-3-5-12(11)16/h2-8H,1H3/b13-8-. The van der Waals surface area contributed by atoms with Crippen molar-refractivity contribution in [1.29, 1.82) is 0 Å². The number of hydrogen-bond acceptors (Lipinski definition) is 4. The SMILES string of the molecule is Cc1ccc(/C=C2\N=C(c3ccccc3Cl)OC2=O)o1. The predicted molar refractivity (Wildman–Crippen MR) is 75.5 cm³/mol. The van der Waals surface area contributed by atoms with E-state index in [1.165, 1.54) is 0 Å². The molecule has 0 amide bonds. The first-order valence-electron chi connectivity index (χ1n) is 5.97. The maximum atomic E-state index is 11.8. The fourth-order valence-corrected chi connectivity index (χ4v) is 2.04. The number of halogens is 1. The Bertz CT molecular complexity index is 743. The molecule has 1 aromatic carbocycles. The molecule has 0 unspecified atom stereocenters. The van der Waals surface area contributed by atoms with E-state index < -0.39 is 5.97 Å². The van der Waals surface area contributed by atoms with Crippen LogP contribution in [0.4, 0.5) is 0 Å². The van der Waals surface area contributed by atoms with Gasteiger partial charge in [-0.3, -0.25) is 0 Å². The fourth-order valence-electron chi connectivity index (χ4n) is 1.82. The predicted octanol–water partition coefficient (Wildman–Crippen LogP) is 3.59. The van der Waals surface area contributed by atoms with Crippen LogP contribution < -0.4 is 0 Å². The zero-order valence-electron chi connectivity index (χ0n) is 10.6. The van der Waals surface area contributed by atoms with Crippen LogP contribution in [-0.2, 0) is 9.53 Å². The average molecular weight is 288 g/mol. The van der Waals surface area contributed by atoms with Gasteiger partial charge in [-0.25, -0.2) is 9.79 Å². The van der Waals surface area contributed by atoms with Gasteiger partial charge in [0.15, 0.2) is 5.70 Å². The van der Waals surface area contributed by atoms with Crippen LogP contribution in [0.15, 0.2) is 51.5 Å². The third kappa shape index (κ3) is 2.38. The number of furan rings is 1. The largest absolute Gasteiger partial charge is 0.462 e. The Balaban J connectivity index is 1.97. The molecule has 0 saturated carbocycles. The minimum Gasteiger partial charge on any atom is -0.462 e. The number of carbonyl (C=O) groups is 1. The summed E-state index contributed by atoms with van der Waals surface area (Å²) in [5.41, 5.74) is 0.774. The average Bonchev–Trinajstić information content (AvgIpc) is 2.98. The minimum absolute atomic E-state index is 0.189. The topological polar surface area (TPSA) is 51.8 Å². The first-order valence-corrected chi connectivity index (χ1v) is 6.35. The number of nitrogens with zero attached hydrogens (tertiary/aromatic N) is 1. The summed E-state index contributed by atoms with van der Waals surface area (Å²) in [6.45, 7) is 1.83. The molecule has 2 heterocycles. The Hall–Kier alpha value is -2.33. The van der Waals surface area contributed by atoms with Gasteiger partial charge in [-0.2, -0.15) is 0 Å². The Morgan fingerprint density at radius 3 is 2.70 bits per heavy atom. The van der Waals surface area contributed by atoms with E-state index in [1.54, 1.807) is 36.4 Å². The highest BCUT2D eigenvalue weighted by Gasteiger charge is 2.25. The molecule has 1 aromatic heterocycles. The summed E-state index contributed by atoms with van der Waals surface area (Å²) in [6.07, 6.45) is 1.54. The summed E-state index contributed by atoms with van der Waals surface area (Å²) in [4.78, 5) is 16.0. The number of aliphatic imine (C=N–C) groups is 1. The van der Waals surface area contributed by atoms with Gasteiger partial charge in [0.1, 0.15) is 11.5 Å². The summed E-state index contributed by atoms with van der Waals surface area (Å²) in [7, 11) is 0. The number of cyclic esters (lactones) is 1. The lowest BCUT2D eigenvalue weighted by atomic mass is 10.2. The second kappa shape index (κ2) is 4.98. The van der Waals surface area contributed by atoms with Crippen molar-refractivity contribution in [1.82, 2.24) is 0 Å². The van der Waals surface area contributed by atoms with Crippen molar-refractivity contribution in [2.45, 2.75) is 6.92 Å². The van der Waals surface area contributed by atoms with Crippen molar-refractivity contribution >= 4 is 29.5 Å². The van der Waals surface area contributed by atoms with E-state index >= 15 is 0 Å². The number of benzene rings is 1. The number of carbonyl (C=O) groups excluding carboxylic acids is 1. The van der Waals surface area contributed by atoms with Crippen molar-refractivity contribution < 1.29 is 13.9 Å². The van der Waals surface area contributed by atoms with Crippen LogP contribution in [0, 0.1) is 6.92 Å². The summed E-state index contributed by atoms with van der Waals surface area (Å²) in [6, 6.07) is 10.6. The molecule has 0 saturated heterocycles. The molecule has 100 valence electrons. The van der Waals surface area contributed by atoms with Crippen LogP contribution in [0.5, 0.6) is 0 Å². The Morgan fingerprint density at radius 2 is 2.00 bits per heavy atom. The van der Waals surface area contributed by atoms with Gasteiger partial charge in [0.05, 0.1) is 10.6 Å². The van der Waals surface area contributed by atoms with Gasteiger partial charge in [0, 0.05) is 6.08 Å². The van der Waals surface area contributed by atoms with Crippen LogP contribution in [0.2, 0.25) is 5.02 Å². The number of ether oxygens (including phenoxy) is 1. The molecule has 3 rings (SSSR count). The molecule has 0 radical (unpaired) electrons. The van der Waals surface area contributed by atoms with E-state index in [1.807, 2.05) is 13.0 Å². The van der Waals surface area contributed by atoms with Crippen LogP contribution in [0.1, 0.15) is 17.1 Å². The molecular weight excluding hydrogens is 278 g/mol. The zero-order valence-corrected chi connectivity index (χ0v) is 11.3. The quantitative estimate of drug-likeness (QED) is 0.626. The molecule has 4 nitrogen and oxygen atoms in total. The zero-order chi connectivity index (χ0) is 14.1. The van der Waals surface area contributed by atoms with E-state index in [9.17, 15) is 4.79 Å². The summed E-state index contributed by atoms with van der Waals surface area (Å²) in [5, 5.41) is 0.481. The summed E-state index contributed by atoms with van der Waals surface area (Å²) >= 11 is 6.05. The Labute approximate surface area is 120 Å². The van der Waals surface area contributed by atoms with Crippen molar-refractivity contribution in [3.05, 3.63) is 64.2 Å². The smallest absolute Gasteiger partial charge is 0.363 e. The number of esters is 1. The first kappa shape index (κ1) is 12.7. The number of aryl methyl sites for hydroxylation is 1. The third-order valence-electron chi connectivity index (χ3n) is 2.76. The summed E-state index contributed by atoms with van der Waals surface area (Å²) in [5.74, 6) is 1.00. The second-order valence-electron chi connectivity index (χ2n) is 4.26. The van der Waals surface area contributed by atoms with Crippen LogP contribution in [0.25, 0.3) is 6.08 Å². The van der Waals surface area contributed by atoms with Gasteiger partial charge in [-0.05, 0) is 31.2 Å². The molecule has 0 atom stereocenters. The van der Waals surface area contributed by atoms with Gasteiger partial charge in [0.25, 0.3) is 0 Å². The van der Waals surface area contributed by atoms with Crippen LogP contribution in [-0.4, -0.2) is 11.9 Å². The highest BCUT2D eigenvalue weighted by molar-refractivity contribution is 6.34. The highest BCUT2D eigenvalue weighted by atomic mass is 35.5. The second-order valence-corrected chi connectivity index (χ2v) is 4.67. The lowest BCUT2D eigenvalue weighted by molar-refractivity contribution is -0.129. The number of rotatable bonds is 2. The van der Waals surface area contributed by atoms with Crippen molar-refractivity contribution in [3.8, 4) is 0 Å². The molecule has 0 spiro atoms. The molecule has 0 aliphatic carbocycles. The van der Waals surface area contributed by atoms with Crippen LogP contribution in [0.3, 0.4) is 0 Å². The van der Waals surface area contributed by atoms with E-state index in [-0.39, 0.29) is 11.6 Å². The molecule has 0 N–H and O–H groups in total. The van der Waals surface area contributed by atoms with Gasteiger partial charge >= 0.3 is 5.97 Å². The molecule has 5 heteroatoms. The Kier molecular flexibility index (Phi) is 3.16.